The second kappa shape index (κ2) is 5.48. The molecule has 0 saturated heterocycles. The first-order chi connectivity index (χ1) is 7.81. The highest BCUT2D eigenvalue weighted by molar-refractivity contribution is 5.04. The van der Waals surface area contributed by atoms with Gasteiger partial charge in [0.2, 0.25) is 0 Å². The fourth-order valence-corrected chi connectivity index (χ4v) is 2.75. The first kappa shape index (κ1) is 11.6. The van der Waals surface area contributed by atoms with E-state index < -0.39 is 0 Å². The third kappa shape index (κ3) is 2.64. The number of hydrogen-bond donors (Lipinski definition) is 1. The SMILES string of the molecule is CCn1nccc1C(O)CC1CCCCC1. The normalized spacial score (nSPS) is 19.9. The summed E-state index contributed by atoms with van der Waals surface area (Å²) in [6.45, 7) is 2.90. The van der Waals surface area contributed by atoms with E-state index in [1.807, 2.05) is 10.7 Å². The summed E-state index contributed by atoms with van der Waals surface area (Å²) in [5.74, 6) is 0.712. The van der Waals surface area contributed by atoms with Crippen LogP contribution in [0.4, 0.5) is 0 Å². The van der Waals surface area contributed by atoms with E-state index in [1.165, 1.54) is 32.1 Å². The quantitative estimate of drug-likeness (QED) is 0.850. The van der Waals surface area contributed by atoms with Gasteiger partial charge >= 0.3 is 0 Å². The van der Waals surface area contributed by atoms with Gasteiger partial charge in [0.15, 0.2) is 0 Å². The lowest BCUT2D eigenvalue weighted by atomic mass is 9.85. The van der Waals surface area contributed by atoms with Crippen molar-refractivity contribution in [1.82, 2.24) is 9.78 Å². The van der Waals surface area contributed by atoms with Crippen LogP contribution in [0.1, 0.15) is 57.2 Å². The van der Waals surface area contributed by atoms with Gasteiger partial charge in [-0.3, -0.25) is 4.68 Å². The zero-order valence-electron chi connectivity index (χ0n) is 10.1. The van der Waals surface area contributed by atoms with E-state index in [4.69, 9.17) is 0 Å². The van der Waals surface area contributed by atoms with Gasteiger partial charge in [0.1, 0.15) is 0 Å². The van der Waals surface area contributed by atoms with Crippen molar-refractivity contribution in [2.75, 3.05) is 0 Å². The van der Waals surface area contributed by atoms with E-state index in [2.05, 4.69) is 12.0 Å². The topological polar surface area (TPSA) is 38.0 Å². The fraction of sp³-hybridized carbons (Fsp3) is 0.769. The summed E-state index contributed by atoms with van der Waals surface area (Å²) in [4.78, 5) is 0. The van der Waals surface area contributed by atoms with E-state index in [0.717, 1.165) is 18.7 Å². The molecule has 1 atom stereocenters. The lowest BCUT2D eigenvalue weighted by Gasteiger charge is -2.24. The van der Waals surface area contributed by atoms with Crippen molar-refractivity contribution in [3.63, 3.8) is 0 Å². The molecule has 0 radical (unpaired) electrons. The highest BCUT2D eigenvalue weighted by Crippen LogP contribution is 2.31. The molecule has 0 bridgehead atoms. The van der Waals surface area contributed by atoms with Crippen LogP contribution in [0.5, 0.6) is 0 Å². The highest BCUT2D eigenvalue weighted by atomic mass is 16.3. The van der Waals surface area contributed by atoms with Gasteiger partial charge in [-0.2, -0.15) is 5.10 Å². The first-order valence-electron chi connectivity index (χ1n) is 6.51. The minimum atomic E-state index is -0.328. The van der Waals surface area contributed by atoms with Gasteiger partial charge in [-0.25, -0.2) is 0 Å². The molecule has 2 rings (SSSR count). The molecule has 1 aliphatic rings. The molecule has 0 aliphatic heterocycles. The van der Waals surface area contributed by atoms with Crippen LogP contribution in [0.3, 0.4) is 0 Å². The van der Waals surface area contributed by atoms with Gasteiger partial charge in [-0.05, 0) is 25.3 Å². The Bertz CT molecular complexity index is 315. The van der Waals surface area contributed by atoms with Crippen molar-refractivity contribution >= 4 is 0 Å². The molecule has 0 spiro atoms. The molecule has 1 unspecified atom stereocenters. The lowest BCUT2D eigenvalue weighted by molar-refractivity contribution is 0.122. The number of hydrogen-bond acceptors (Lipinski definition) is 2. The smallest absolute Gasteiger partial charge is 0.0959 e. The summed E-state index contributed by atoms with van der Waals surface area (Å²) in [5, 5.41) is 14.4. The molecule has 0 aromatic carbocycles. The predicted molar refractivity (Wildman–Crippen MR) is 64.1 cm³/mol. The Hall–Kier alpha value is -0.830. The monoisotopic (exact) mass is 222 g/mol. The fourth-order valence-electron chi connectivity index (χ4n) is 2.75. The molecule has 1 fully saturated rings. The zero-order chi connectivity index (χ0) is 11.4. The van der Waals surface area contributed by atoms with Gasteiger partial charge in [-0.1, -0.05) is 32.1 Å². The van der Waals surface area contributed by atoms with Crippen molar-refractivity contribution in [3.8, 4) is 0 Å². The van der Waals surface area contributed by atoms with Crippen molar-refractivity contribution in [1.29, 1.82) is 0 Å². The Kier molecular flexibility index (Phi) is 3.99. The summed E-state index contributed by atoms with van der Waals surface area (Å²) in [7, 11) is 0. The Balaban J connectivity index is 1.93. The molecule has 90 valence electrons. The molecule has 1 saturated carbocycles. The molecular formula is C13H22N2O. The molecule has 3 nitrogen and oxygen atoms in total. The van der Waals surface area contributed by atoms with Crippen molar-refractivity contribution < 1.29 is 5.11 Å². The van der Waals surface area contributed by atoms with E-state index in [0.29, 0.717) is 5.92 Å². The lowest BCUT2D eigenvalue weighted by Crippen LogP contribution is -2.14. The number of rotatable bonds is 4. The molecule has 16 heavy (non-hydrogen) atoms. The number of aromatic nitrogens is 2. The molecule has 3 heteroatoms. The largest absolute Gasteiger partial charge is 0.387 e. The molecule has 1 aromatic rings. The summed E-state index contributed by atoms with van der Waals surface area (Å²) < 4.78 is 1.90. The number of aliphatic hydroxyl groups excluding tert-OH is 1. The van der Waals surface area contributed by atoms with Crippen molar-refractivity contribution in [2.45, 2.75) is 58.1 Å². The van der Waals surface area contributed by atoms with Crippen LogP contribution in [0.15, 0.2) is 12.3 Å². The Labute approximate surface area is 97.5 Å². The van der Waals surface area contributed by atoms with Gasteiger partial charge in [0.05, 0.1) is 11.8 Å². The molecule has 1 heterocycles. The first-order valence-corrected chi connectivity index (χ1v) is 6.51. The van der Waals surface area contributed by atoms with Crippen molar-refractivity contribution in [3.05, 3.63) is 18.0 Å². The second-order valence-corrected chi connectivity index (χ2v) is 4.83. The van der Waals surface area contributed by atoms with Crippen LogP contribution in [0.2, 0.25) is 0 Å². The Morgan fingerprint density at radius 2 is 2.19 bits per heavy atom. The maximum Gasteiger partial charge on any atom is 0.0959 e. The van der Waals surface area contributed by atoms with Crippen LogP contribution in [0, 0.1) is 5.92 Å². The van der Waals surface area contributed by atoms with E-state index >= 15 is 0 Å². The average molecular weight is 222 g/mol. The number of aliphatic hydroxyl groups is 1. The minimum absolute atomic E-state index is 0.328. The molecule has 1 aromatic heterocycles. The third-order valence-electron chi connectivity index (χ3n) is 3.67. The van der Waals surface area contributed by atoms with Gasteiger partial charge in [-0.15, -0.1) is 0 Å². The predicted octanol–water partition coefficient (Wildman–Crippen LogP) is 2.91. The summed E-state index contributed by atoms with van der Waals surface area (Å²) in [5.41, 5.74) is 0.980. The highest BCUT2D eigenvalue weighted by Gasteiger charge is 2.20. The van der Waals surface area contributed by atoms with E-state index in [-0.39, 0.29) is 6.10 Å². The minimum Gasteiger partial charge on any atom is -0.387 e. The maximum absolute atomic E-state index is 10.2. The summed E-state index contributed by atoms with van der Waals surface area (Å²) in [6, 6.07) is 1.94. The van der Waals surface area contributed by atoms with E-state index in [9.17, 15) is 5.11 Å². The zero-order valence-corrected chi connectivity index (χ0v) is 10.1. The van der Waals surface area contributed by atoms with Crippen LogP contribution < -0.4 is 0 Å². The Morgan fingerprint density at radius 1 is 1.44 bits per heavy atom. The summed E-state index contributed by atoms with van der Waals surface area (Å²) >= 11 is 0. The summed E-state index contributed by atoms with van der Waals surface area (Å²) in [6.07, 6.45) is 8.99. The molecule has 0 amide bonds. The average Bonchev–Trinajstić information content (AvgIpc) is 2.78. The Morgan fingerprint density at radius 3 is 2.88 bits per heavy atom. The number of nitrogens with zero attached hydrogens (tertiary/aromatic N) is 2. The van der Waals surface area contributed by atoms with Crippen LogP contribution >= 0.6 is 0 Å². The van der Waals surface area contributed by atoms with Crippen LogP contribution in [-0.4, -0.2) is 14.9 Å². The maximum atomic E-state index is 10.2. The van der Waals surface area contributed by atoms with Gasteiger partial charge < -0.3 is 5.11 Å². The van der Waals surface area contributed by atoms with Crippen molar-refractivity contribution in [2.24, 2.45) is 5.92 Å². The van der Waals surface area contributed by atoms with Gasteiger partial charge in [0, 0.05) is 12.7 Å². The third-order valence-corrected chi connectivity index (χ3v) is 3.67. The molecular weight excluding hydrogens is 200 g/mol. The molecule has 1 N–H and O–H groups in total. The van der Waals surface area contributed by atoms with Crippen LogP contribution in [-0.2, 0) is 6.54 Å². The van der Waals surface area contributed by atoms with E-state index in [1.54, 1.807) is 6.20 Å². The van der Waals surface area contributed by atoms with Gasteiger partial charge in [0.25, 0.3) is 0 Å². The number of aryl methyl sites for hydroxylation is 1. The van der Waals surface area contributed by atoms with Crippen LogP contribution in [0.25, 0.3) is 0 Å². The molecule has 1 aliphatic carbocycles. The standard InChI is InChI=1S/C13H22N2O/c1-2-15-12(8-9-14-15)13(16)10-11-6-4-3-5-7-11/h8-9,11,13,16H,2-7,10H2,1H3. The second-order valence-electron chi connectivity index (χ2n) is 4.83.